The zero-order valence-corrected chi connectivity index (χ0v) is 23.0. The van der Waals surface area contributed by atoms with Crippen LogP contribution in [0.2, 0.25) is 0 Å². The fraction of sp³-hybridized carbons (Fsp3) is 0.357. The van der Waals surface area contributed by atoms with Crippen LogP contribution in [0.25, 0.3) is 0 Å². The summed E-state index contributed by atoms with van der Waals surface area (Å²) in [7, 11) is 0. The monoisotopic (exact) mass is 572 g/mol. The Balaban J connectivity index is 1.87. The smallest absolute Gasteiger partial charge is 0.429 e. The third kappa shape index (κ3) is 11.8. The van der Waals surface area contributed by atoms with Crippen molar-refractivity contribution >= 4 is 36.4 Å². The molecular formula is C28H32N2O11. The predicted molar refractivity (Wildman–Crippen MR) is 141 cm³/mol. The molecule has 0 saturated carbocycles. The molecule has 0 unspecified atom stereocenters. The van der Waals surface area contributed by atoms with E-state index in [0.29, 0.717) is 11.1 Å². The van der Waals surface area contributed by atoms with E-state index >= 15 is 0 Å². The number of esters is 2. The largest absolute Gasteiger partial charge is 0.517 e. The van der Waals surface area contributed by atoms with E-state index in [9.17, 15) is 28.8 Å². The van der Waals surface area contributed by atoms with Crippen LogP contribution in [-0.4, -0.2) is 48.5 Å². The SMILES string of the molecule is CC(C)[C@H](NC(=O)OC(=O)OCc1ccccc1)C(=O)OC(=O)[C@@H](NC(=O)OC(=O)OCc1ccccc1)C(C)C. The molecule has 0 spiro atoms. The Bertz CT molecular complexity index is 1110. The number of hydrogen-bond acceptors (Lipinski definition) is 11. The van der Waals surface area contributed by atoms with Crippen molar-refractivity contribution in [2.24, 2.45) is 11.8 Å². The van der Waals surface area contributed by atoms with Crippen LogP contribution in [0.4, 0.5) is 19.2 Å². The second-order valence-corrected chi connectivity index (χ2v) is 9.30. The van der Waals surface area contributed by atoms with E-state index in [-0.39, 0.29) is 13.2 Å². The number of alkyl carbamates (subject to hydrolysis) is 2. The number of rotatable bonds is 10. The standard InChI is InChI=1S/C28H32N2O11/c1-17(2)21(29-25(33)40-27(35)37-15-19-11-7-5-8-12-19)23(31)39-24(32)22(18(3)4)30-26(34)41-28(36)38-16-20-13-9-6-10-14-20/h5-14,17-18,21-22H,15-16H2,1-4H3,(H,29,33)(H,30,34)/t21-,22-/m0/s1. The lowest BCUT2D eigenvalue weighted by Crippen LogP contribution is -2.50. The first-order valence-electron chi connectivity index (χ1n) is 12.6. The van der Waals surface area contributed by atoms with Crippen molar-refractivity contribution in [3.05, 3.63) is 71.8 Å². The quantitative estimate of drug-likeness (QED) is 0.237. The summed E-state index contributed by atoms with van der Waals surface area (Å²) in [6, 6.07) is 14.5. The molecular weight excluding hydrogens is 540 g/mol. The van der Waals surface area contributed by atoms with Crippen LogP contribution in [0.3, 0.4) is 0 Å². The molecule has 2 N–H and O–H groups in total. The first-order valence-corrected chi connectivity index (χ1v) is 12.6. The van der Waals surface area contributed by atoms with E-state index in [1.807, 2.05) is 0 Å². The molecule has 2 atom stereocenters. The van der Waals surface area contributed by atoms with Crippen molar-refractivity contribution in [3.8, 4) is 0 Å². The van der Waals surface area contributed by atoms with Crippen LogP contribution in [0.15, 0.2) is 60.7 Å². The molecule has 0 radical (unpaired) electrons. The van der Waals surface area contributed by atoms with Gasteiger partial charge >= 0.3 is 36.4 Å². The van der Waals surface area contributed by atoms with E-state index in [1.54, 1.807) is 88.4 Å². The molecule has 2 amide bonds. The summed E-state index contributed by atoms with van der Waals surface area (Å²) in [6.07, 6.45) is -5.21. The molecule has 0 saturated heterocycles. The van der Waals surface area contributed by atoms with E-state index in [2.05, 4.69) is 20.1 Å². The summed E-state index contributed by atoms with van der Waals surface area (Å²) in [5.41, 5.74) is 1.32. The Morgan fingerprint density at radius 1 is 0.561 bits per heavy atom. The molecule has 13 heteroatoms. The minimum absolute atomic E-state index is 0.145. The van der Waals surface area contributed by atoms with Gasteiger partial charge in [0.15, 0.2) is 0 Å². The highest BCUT2D eigenvalue weighted by molar-refractivity contribution is 5.94. The fourth-order valence-corrected chi connectivity index (χ4v) is 3.18. The zero-order chi connectivity index (χ0) is 30.4. The van der Waals surface area contributed by atoms with Gasteiger partial charge in [-0.3, -0.25) is 0 Å². The van der Waals surface area contributed by atoms with Crippen LogP contribution in [0, 0.1) is 11.8 Å². The molecule has 2 aromatic rings. The summed E-state index contributed by atoms with van der Waals surface area (Å²) in [6.45, 7) is 5.88. The van der Waals surface area contributed by atoms with Gasteiger partial charge in [-0.25, -0.2) is 28.8 Å². The highest BCUT2D eigenvalue weighted by Crippen LogP contribution is 2.10. The molecule has 0 bridgehead atoms. The first kappa shape index (κ1) is 32.3. The third-order valence-electron chi connectivity index (χ3n) is 5.34. The summed E-state index contributed by atoms with van der Waals surface area (Å²) in [4.78, 5) is 73.3. The second kappa shape index (κ2) is 16.2. The predicted octanol–water partition coefficient (Wildman–Crippen LogP) is 4.23. The van der Waals surface area contributed by atoms with Gasteiger partial charge in [-0.05, 0) is 23.0 Å². The minimum Gasteiger partial charge on any atom is -0.429 e. The lowest BCUT2D eigenvalue weighted by molar-refractivity contribution is -0.164. The minimum atomic E-state index is -1.40. The molecule has 0 heterocycles. The van der Waals surface area contributed by atoms with E-state index < -0.39 is 60.4 Å². The molecule has 0 aromatic heterocycles. The maximum absolute atomic E-state index is 12.7. The van der Waals surface area contributed by atoms with Gasteiger partial charge in [-0.15, -0.1) is 0 Å². The van der Waals surface area contributed by atoms with Gasteiger partial charge in [0.1, 0.15) is 25.3 Å². The maximum Gasteiger partial charge on any atom is 0.517 e. The van der Waals surface area contributed by atoms with Crippen molar-refractivity contribution in [1.29, 1.82) is 0 Å². The van der Waals surface area contributed by atoms with Crippen molar-refractivity contribution < 1.29 is 52.5 Å². The van der Waals surface area contributed by atoms with Gasteiger partial charge < -0.3 is 34.3 Å². The molecule has 0 aliphatic carbocycles. The topological polar surface area (TPSA) is 173 Å². The Hall–Kier alpha value is -4.94. The lowest BCUT2D eigenvalue weighted by Gasteiger charge is -2.23. The van der Waals surface area contributed by atoms with E-state index in [0.717, 1.165) is 0 Å². The van der Waals surface area contributed by atoms with Crippen LogP contribution >= 0.6 is 0 Å². The van der Waals surface area contributed by atoms with Gasteiger partial charge in [-0.2, -0.15) is 0 Å². The highest BCUT2D eigenvalue weighted by Gasteiger charge is 2.34. The first-order chi connectivity index (χ1) is 19.5. The number of amides is 2. The van der Waals surface area contributed by atoms with Gasteiger partial charge in [0.05, 0.1) is 0 Å². The normalized spacial score (nSPS) is 12.0. The third-order valence-corrected chi connectivity index (χ3v) is 5.34. The van der Waals surface area contributed by atoms with Crippen molar-refractivity contribution in [2.75, 3.05) is 0 Å². The molecule has 2 rings (SSSR count). The fourth-order valence-electron chi connectivity index (χ4n) is 3.18. The van der Waals surface area contributed by atoms with Crippen molar-refractivity contribution in [1.82, 2.24) is 10.6 Å². The Morgan fingerprint density at radius 2 is 0.902 bits per heavy atom. The van der Waals surface area contributed by atoms with Crippen molar-refractivity contribution in [3.63, 3.8) is 0 Å². The van der Waals surface area contributed by atoms with E-state index in [1.165, 1.54) is 0 Å². The average Bonchev–Trinajstić information content (AvgIpc) is 2.93. The summed E-state index contributed by atoms with van der Waals surface area (Å²) >= 11 is 0. The summed E-state index contributed by atoms with van der Waals surface area (Å²) in [5.74, 6) is -3.55. The van der Waals surface area contributed by atoms with Crippen molar-refractivity contribution in [2.45, 2.75) is 53.0 Å². The lowest BCUT2D eigenvalue weighted by atomic mass is 10.0. The number of nitrogens with one attached hydrogen (secondary N) is 2. The Morgan fingerprint density at radius 3 is 1.22 bits per heavy atom. The Labute approximate surface area is 236 Å². The van der Waals surface area contributed by atoms with Crippen LogP contribution in [0.5, 0.6) is 0 Å². The number of carbonyl (C=O) groups is 6. The summed E-state index contributed by atoms with van der Waals surface area (Å²) in [5, 5.41) is 4.30. The highest BCUT2D eigenvalue weighted by atomic mass is 16.8. The molecule has 41 heavy (non-hydrogen) atoms. The average molecular weight is 573 g/mol. The van der Waals surface area contributed by atoms with Gasteiger partial charge in [-0.1, -0.05) is 88.4 Å². The maximum atomic E-state index is 12.7. The van der Waals surface area contributed by atoms with Crippen LogP contribution in [-0.2, 0) is 46.5 Å². The molecule has 0 aliphatic heterocycles. The van der Waals surface area contributed by atoms with Crippen LogP contribution < -0.4 is 10.6 Å². The molecule has 2 aromatic carbocycles. The zero-order valence-electron chi connectivity index (χ0n) is 23.0. The molecule has 13 nitrogen and oxygen atoms in total. The number of benzene rings is 2. The van der Waals surface area contributed by atoms with Gasteiger partial charge in [0.2, 0.25) is 0 Å². The van der Waals surface area contributed by atoms with Gasteiger partial charge in [0, 0.05) is 0 Å². The second-order valence-electron chi connectivity index (χ2n) is 9.30. The molecule has 220 valence electrons. The number of carbonyl (C=O) groups excluding carboxylic acids is 6. The van der Waals surface area contributed by atoms with E-state index in [4.69, 9.17) is 14.2 Å². The number of hydrogen-bond donors (Lipinski definition) is 2. The Kier molecular flexibility index (Phi) is 12.8. The molecule has 0 aliphatic rings. The summed E-state index contributed by atoms with van der Waals surface area (Å²) < 4.78 is 23.6. The molecule has 0 fully saturated rings. The number of ether oxygens (including phenoxy) is 5. The van der Waals surface area contributed by atoms with Gasteiger partial charge in [0.25, 0.3) is 0 Å². The van der Waals surface area contributed by atoms with Crippen LogP contribution in [0.1, 0.15) is 38.8 Å².